The zero-order chi connectivity index (χ0) is 37.5. The first-order chi connectivity index (χ1) is 25.4. The van der Waals surface area contributed by atoms with Crippen molar-refractivity contribution in [3.05, 3.63) is 95.0 Å². The number of imide groups is 1. The summed E-state index contributed by atoms with van der Waals surface area (Å²) >= 11 is 12.7. The number of ether oxygens (including phenoxy) is 3. The molecular weight excluding hydrogens is 721 g/mol. The number of nitrogens with zero attached hydrogens (tertiary/aromatic N) is 7. The van der Waals surface area contributed by atoms with E-state index in [4.69, 9.17) is 37.4 Å². The number of amides is 3. The Hall–Kier alpha value is -4.40. The molecule has 1 N–H and O–H groups in total. The second-order valence-electron chi connectivity index (χ2n) is 14.1. The highest BCUT2D eigenvalue weighted by Crippen LogP contribution is 2.41. The number of hydrogen-bond acceptors (Lipinski definition) is 10. The summed E-state index contributed by atoms with van der Waals surface area (Å²) < 4.78 is 20.5. The molecule has 15 heteroatoms. The molecule has 0 saturated carbocycles. The molecule has 0 bridgehead atoms. The van der Waals surface area contributed by atoms with Crippen molar-refractivity contribution in [2.24, 2.45) is 0 Å². The second-order valence-corrected chi connectivity index (χ2v) is 15.0. The lowest BCUT2D eigenvalue weighted by atomic mass is 10.0. The first-order valence-electron chi connectivity index (χ1n) is 17.6. The summed E-state index contributed by atoms with van der Waals surface area (Å²) in [4.78, 5) is 38.0. The SMILES string of the molecule is CC(O)C(C)N1C(=O)N(c2ccc(N3CCN(c4ccc(OC[C@@H]5CO[C@@](Cn6cncn6)(c6ccc(Cl)cc6Cl)O5)cc4)CC3)cc2)C(=O)C1(C)C. The average molecular weight is 765 g/mol. The van der Waals surface area contributed by atoms with Crippen LogP contribution in [0.3, 0.4) is 0 Å². The monoisotopic (exact) mass is 763 g/mol. The maximum Gasteiger partial charge on any atom is 0.332 e. The molecule has 0 spiro atoms. The largest absolute Gasteiger partial charge is 0.491 e. The molecule has 4 heterocycles. The van der Waals surface area contributed by atoms with Gasteiger partial charge in [0.1, 0.15) is 43.2 Å². The fourth-order valence-corrected chi connectivity index (χ4v) is 7.75. The molecule has 3 aromatic carbocycles. The Kier molecular flexibility index (Phi) is 10.3. The van der Waals surface area contributed by atoms with Crippen molar-refractivity contribution >= 4 is 52.2 Å². The maximum absolute atomic E-state index is 13.4. The van der Waals surface area contributed by atoms with Gasteiger partial charge in [0.05, 0.1) is 29.5 Å². The number of piperazine rings is 1. The molecule has 0 radical (unpaired) electrons. The number of urea groups is 1. The fourth-order valence-electron chi connectivity index (χ4n) is 7.20. The third-order valence-electron chi connectivity index (χ3n) is 10.3. The Balaban J connectivity index is 0.925. The van der Waals surface area contributed by atoms with Crippen molar-refractivity contribution in [2.75, 3.05) is 54.1 Å². The van der Waals surface area contributed by atoms with Gasteiger partial charge in [-0.25, -0.2) is 19.4 Å². The summed E-state index contributed by atoms with van der Waals surface area (Å²) in [5.74, 6) is -0.771. The quantitative estimate of drug-likeness (QED) is 0.194. The lowest BCUT2D eigenvalue weighted by Gasteiger charge is -2.37. The smallest absolute Gasteiger partial charge is 0.332 e. The van der Waals surface area contributed by atoms with E-state index in [2.05, 4.69) is 32.0 Å². The third kappa shape index (κ3) is 7.28. The van der Waals surface area contributed by atoms with Gasteiger partial charge < -0.3 is 34.0 Å². The van der Waals surface area contributed by atoms with Gasteiger partial charge in [-0.3, -0.25) is 4.79 Å². The predicted octanol–water partition coefficient (Wildman–Crippen LogP) is 5.58. The third-order valence-corrected chi connectivity index (χ3v) is 10.8. The van der Waals surface area contributed by atoms with Gasteiger partial charge in [0.25, 0.3) is 5.91 Å². The van der Waals surface area contributed by atoms with Gasteiger partial charge in [0.15, 0.2) is 0 Å². The molecule has 13 nitrogen and oxygen atoms in total. The van der Waals surface area contributed by atoms with Crippen LogP contribution in [0.1, 0.15) is 33.3 Å². The van der Waals surface area contributed by atoms with E-state index < -0.39 is 29.5 Å². The molecule has 53 heavy (non-hydrogen) atoms. The molecule has 280 valence electrons. The first kappa shape index (κ1) is 36.9. The zero-order valence-electron chi connectivity index (χ0n) is 30.1. The number of aromatic nitrogens is 3. The molecule has 4 atom stereocenters. The van der Waals surface area contributed by atoms with Crippen molar-refractivity contribution in [2.45, 2.75) is 63.8 Å². The van der Waals surface area contributed by atoms with Crippen molar-refractivity contribution in [3.63, 3.8) is 0 Å². The Labute approximate surface area is 318 Å². The van der Waals surface area contributed by atoms with Gasteiger partial charge in [0.2, 0.25) is 5.79 Å². The van der Waals surface area contributed by atoms with Crippen LogP contribution in [0.15, 0.2) is 79.4 Å². The molecule has 3 aliphatic heterocycles. The van der Waals surface area contributed by atoms with Crippen molar-refractivity contribution < 1.29 is 28.9 Å². The molecule has 3 fully saturated rings. The molecule has 1 aromatic heterocycles. The Bertz CT molecular complexity index is 1920. The van der Waals surface area contributed by atoms with Crippen molar-refractivity contribution in [1.29, 1.82) is 0 Å². The topological polar surface area (TPSA) is 126 Å². The number of halogens is 2. The summed E-state index contributed by atoms with van der Waals surface area (Å²) in [6.07, 6.45) is 1.92. The van der Waals surface area contributed by atoms with E-state index >= 15 is 0 Å². The van der Waals surface area contributed by atoms with Crippen LogP contribution in [0, 0.1) is 0 Å². The number of carbonyl (C=O) groups excluding carboxylic acids is 2. The number of hydrogen-bond donors (Lipinski definition) is 1. The van der Waals surface area contributed by atoms with Gasteiger partial charge >= 0.3 is 6.03 Å². The van der Waals surface area contributed by atoms with E-state index in [-0.39, 0.29) is 25.2 Å². The van der Waals surface area contributed by atoms with E-state index in [9.17, 15) is 14.7 Å². The lowest BCUT2D eigenvalue weighted by molar-refractivity contribution is -0.190. The van der Waals surface area contributed by atoms with E-state index in [1.807, 2.05) is 36.4 Å². The summed E-state index contributed by atoms with van der Waals surface area (Å²) in [6.45, 7) is 10.9. The van der Waals surface area contributed by atoms with Crippen LogP contribution < -0.4 is 19.4 Å². The van der Waals surface area contributed by atoms with Crippen LogP contribution in [0.2, 0.25) is 10.0 Å². The molecule has 4 aromatic rings. The number of anilines is 3. The van der Waals surface area contributed by atoms with Crippen LogP contribution in [-0.4, -0.2) is 99.9 Å². The molecule has 7 rings (SSSR count). The molecule has 2 unspecified atom stereocenters. The second kappa shape index (κ2) is 14.8. The summed E-state index contributed by atoms with van der Waals surface area (Å²) in [5, 5.41) is 15.3. The number of aliphatic hydroxyl groups is 1. The van der Waals surface area contributed by atoms with Crippen LogP contribution in [0.4, 0.5) is 21.9 Å². The lowest BCUT2D eigenvalue weighted by Crippen LogP contribution is -2.52. The highest BCUT2D eigenvalue weighted by atomic mass is 35.5. The minimum Gasteiger partial charge on any atom is -0.491 e. The summed E-state index contributed by atoms with van der Waals surface area (Å²) in [7, 11) is 0. The van der Waals surface area contributed by atoms with Gasteiger partial charge in [0, 0.05) is 48.1 Å². The van der Waals surface area contributed by atoms with Gasteiger partial charge in [-0.15, -0.1) is 0 Å². The molecule has 0 aliphatic carbocycles. The van der Waals surface area contributed by atoms with Crippen molar-refractivity contribution in [1.82, 2.24) is 19.7 Å². The fraction of sp³-hybridized carbons (Fsp3) is 0.421. The van der Waals surface area contributed by atoms with Crippen molar-refractivity contribution in [3.8, 4) is 5.75 Å². The van der Waals surface area contributed by atoms with E-state index in [1.54, 1.807) is 56.9 Å². The van der Waals surface area contributed by atoms with Crippen LogP contribution in [0.25, 0.3) is 0 Å². The predicted molar refractivity (Wildman–Crippen MR) is 202 cm³/mol. The average Bonchev–Trinajstić information content (AvgIpc) is 3.85. The number of carbonyl (C=O) groups is 2. The standard InChI is InChI=1S/C38H43Cl2N7O6/c1-25(26(2)48)47-36(50)46(35(49)37(47,3)4)30-8-6-28(7-9-30)43-15-17-44(18-16-43)29-10-12-31(13-11-29)51-20-32-21-52-38(53-32,22-45-24-41-23-42-45)33-14-5-27(39)19-34(33)40/h5-14,19,23-26,32,48H,15-18,20-22H2,1-4H3/t25?,26?,32-,38-/m1/s1. The number of rotatable bonds is 11. The maximum atomic E-state index is 13.4. The zero-order valence-corrected chi connectivity index (χ0v) is 31.6. The highest BCUT2D eigenvalue weighted by Gasteiger charge is 2.54. The number of benzene rings is 3. The Morgan fingerprint density at radius 1 is 0.925 bits per heavy atom. The highest BCUT2D eigenvalue weighted by molar-refractivity contribution is 6.35. The summed E-state index contributed by atoms with van der Waals surface area (Å²) in [6, 6.07) is 19.8. The Morgan fingerprint density at radius 3 is 2.13 bits per heavy atom. The minimum absolute atomic E-state index is 0.251. The molecule has 3 saturated heterocycles. The Morgan fingerprint density at radius 2 is 1.55 bits per heavy atom. The summed E-state index contributed by atoms with van der Waals surface area (Å²) in [5.41, 5.74) is 2.22. The first-order valence-corrected chi connectivity index (χ1v) is 18.4. The van der Waals surface area contributed by atoms with Gasteiger partial charge in [-0.2, -0.15) is 5.10 Å². The minimum atomic E-state index is -1.18. The van der Waals surface area contributed by atoms with Crippen LogP contribution in [0.5, 0.6) is 5.75 Å². The van der Waals surface area contributed by atoms with Crippen LogP contribution in [-0.2, 0) is 26.6 Å². The van der Waals surface area contributed by atoms with E-state index in [0.29, 0.717) is 27.9 Å². The van der Waals surface area contributed by atoms with Gasteiger partial charge in [-0.05, 0) is 88.4 Å². The van der Waals surface area contributed by atoms with Crippen LogP contribution >= 0.6 is 23.2 Å². The molecule has 3 amide bonds. The number of aliphatic hydroxyl groups excluding tert-OH is 1. The molecule has 3 aliphatic rings. The normalized spacial score (nSPS) is 22.8. The molecular formula is C38H43Cl2N7O6. The van der Waals surface area contributed by atoms with E-state index in [0.717, 1.165) is 43.3 Å². The van der Waals surface area contributed by atoms with E-state index in [1.165, 1.54) is 16.1 Å². The van der Waals surface area contributed by atoms with Gasteiger partial charge in [-0.1, -0.05) is 29.3 Å².